The fourth-order valence-corrected chi connectivity index (χ4v) is 2.46. The Bertz CT molecular complexity index is 357. The quantitative estimate of drug-likeness (QED) is 0.873. The minimum absolute atomic E-state index is 0.393. The van der Waals surface area contributed by atoms with Crippen LogP contribution in [0.1, 0.15) is 31.4 Å². The van der Waals surface area contributed by atoms with Crippen molar-refractivity contribution in [3.63, 3.8) is 0 Å². The maximum absolute atomic E-state index is 9.78. The molecular formula is C14H21NO2. The summed E-state index contributed by atoms with van der Waals surface area (Å²) in [5.74, 6) is 0. The van der Waals surface area contributed by atoms with Crippen LogP contribution in [-0.4, -0.2) is 31.4 Å². The van der Waals surface area contributed by atoms with E-state index in [1.807, 2.05) is 25.1 Å². The smallest absolute Gasteiger partial charge is 0.0781 e. The van der Waals surface area contributed by atoms with E-state index in [1.54, 1.807) is 7.11 Å². The van der Waals surface area contributed by atoms with E-state index >= 15 is 0 Å². The first kappa shape index (κ1) is 12.4. The van der Waals surface area contributed by atoms with Gasteiger partial charge in [-0.1, -0.05) is 18.2 Å². The molecule has 0 aliphatic carbocycles. The Hall–Kier alpha value is -1.06. The summed E-state index contributed by atoms with van der Waals surface area (Å²) in [6, 6.07) is 8.11. The van der Waals surface area contributed by atoms with Gasteiger partial charge in [-0.2, -0.15) is 0 Å². The minimum atomic E-state index is -0.411. The van der Waals surface area contributed by atoms with Crippen molar-refractivity contribution in [2.75, 3.05) is 25.1 Å². The number of methoxy groups -OCH3 is 1. The Morgan fingerprint density at radius 2 is 1.94 bits per heavy atom. The van der Waals surface area contributed by atoms with Gasteiger partial charge in [0.05, 0.1) is 12.2 Å². The van der Waals surface area contributed by atoms with E-state index in [0.29, 0.717) is 6.10 Å². The lowest BCUT2D eigenvalue weighted by Gasteiger charge is -2.34. The molecule has 1 N–H and O–H groups in total. The molecule has 3 nitrogen and oxygen atoms in total. The first-order valence-corrected chi connectivity index (χ1v) is 6.27. The first-order valence-electron chi connectivity index (χ1n) is 6.27. The van der Waals surface area contributed by atoms with Gasteiger partial charge in [0.1, 0.15) is 0 Å². The number of aliphatic hydroxyl groups excluding tert-OH is 1. The van der Waals surface area contributed by atoms with Crippen molar-refractivity contribution in [1.29, 1.82) is 0 Å². The molecule has 0 spiro atoms. The van der Waals surface area contributed by atoms with Gasteiger partial charge in [0, 0.05) is 31.5 Å². The van der Waals surface area contributed by atoms with Crippen molar-refractivity contribution >= 4 is 5.69 Å². The van der Waals surface area contributed by atoms with Crippen molar-refractivity contribution in [3.05, 3.63) is 29.8 Å². The number of aliphatic hydroxyl groups is 1. The maximum Gasteiger partial charge on any atom is 0.0781 e. The molecule has 1 aromatic carbocycles. The van der Waals surface area contributed by atoms with Gasteiger partial charge in [0.15, 0.2) is 0 Å². The number of benzene rings is 1. The fraction of sp³-hybridized carbons (Fsp3) is 0.571. The topological polar surface area (TPSA) is 32.7 Å². The van der Waals surface area contributed by atoms with Crippen LogP contribution in [0.5, 0.6) is 0 Å². The largest absolute Gasteiger partial charge is 0.389 e. The van der Waals surface area contributed by atoms with Gasteiger partial charge in [-0.05, 0) is 25.8 Å². The number of piperidine rings is 1. The van der Waals surface area contributed by atoms with Crippen LogP contribution < -0.4 is 4.90 Å². The Labute approximate surface area is 103 Å². The predicted molar refractivity (Wildman–Crippen MR) is 69.3 cm³/mol. The fourth-order valence-electron chi connectivity index (χ4n) is 2.46. The molecule has 0 saturated carbocycles. The standard InChI is InChI=1S/C14H21NO2/c1-11(16)13-5-3-4-6-14(13)15-9-7-12(17-2)8-10-15/h3-6,11-12,16H,7-10H2,1-2H3/t11-/m0/s1. The van der Waals surface area contributed by atoms with E-state index in [2.05, 4.69) is 11.0 Å². The molecule has 1 aliphatic heterocycles. The van der Waals surface area contributed by atoms with Crippen molar-refractivity contribution < 1.29 is 9.84 Å². The second-order valence-electron chi connectivity index (χ2n) is 4.66. The van der Waals surface area contributed by atoms with E-state index in [4.69, 9.17) is 4.74 Å². The lowest BCUT2D eigenvalue weighted by atomic mass is 10.0. The zero-order valence-electron chi connectivity index (χ0n) is 10.6. The third kappa shape index (κ3) is 2.79. The molecule has 3 heteroatoms. The van der Waals surface area contributed by atoms with Gasteiger partial charge in [-0.3, -0.25) is 0 Å². The number of hydrogen-bond donors (Lipinski definition) is 1. The van der Waals surface area contributed by atoms with Gasteiger partial charge in [0.25, 0.3) is 0 Å². The summed E-state index contributed by atoms with van der Waals surface area (Å²) in [6.45, 7) is 3.82. The second kappa shape index (κ2) is 5.52. The Morgan fingerprint density at radius 1 is 1.29 bits per heavy atom. The number of ether oxygens (including phenoxy) is 1. The van der Waals surface area contributed by atoms with Crippen molar-refractivity contribution in [1.82, 2.24) is 0 Å². The average molecular weight is 235 g/mol. The van der Waals surface area contributed by atoms with E-state index in [1.165, 1.54) is 0 Å². The highest BCUT2D eigenvalue weighted by Crippen LogP contribution is 2.28. The van der Waals surface area contributed by atoms with Crippen LogP contribution in [0.4, 0.5) is 5.69 Å². The summed E-state index contributed by atoms with van der Waals surface area (Å²) in [5.41, 5.74) is 2.18. The zero-order valence-corrected chi connectivity index (χ0v) is 10.6. The van der Waals surface area contributed by atoms with Crippen LogP contribution >= 0.6 is 0 Å². The molecule has 94 valence electrons. The Balaban J connectivity index is 2.13. The number of para-hydroxylation sites is 1. The average Bonchev–Trinajstić information content (AvgIpc) is 2.39. The number of hydrogen-bond acceptors (Lipinski definition) is 3. The van der Waals surface area contributed by atoms with Gasteiger partial charge >= 0.3 is 0 Å². The lowest BCUT2D eigenvalue weighted by molar-refractivity contribution is 0.0818. The molecule has 0 bridgehead atoms. The predicted octanol–water partition coefficient (Wildman–Crippen LogP) is 2.36. The van der Waals surface area contributed by atoms with Crippen molar-refractivity contribution in [3.8, 4) is 0 Å². The van der Waals surface area contributed by atoms with Crippen LogP contribution in [0.2, 0.25) is 0 Å². The summed E-state index contributed by atoms with van der Waals surface area (Å²) < 4.78 is 5.38. The van der Waals surface area contributed by atoms with E-state index in [9.17, 15) is 5.11 Å². The van der Waals surface area contributed by atoms with Gasteiger partial charge in [0.2, 0.25) is 0 Å². The highest BCUT2D eigenvalue weighted by Gasteiger charge is 2.21. The third-order valence-electron chi connectivity index (χ3n) is 3.50. The normalized spacial score (nSPS) is 19.4. The number of nitrogens with zero attached hydrogens (tertiary/aromatic N) is 1. The second-order valence-corrected chi connectivity index (χ2v) is 4.66. The minimum Gasteiger partial charge on any atom is -0.389 e. The van der Waals surface area contributed by atoms with Gasteiger partial charge in [-0.25, -0.2) is 0 Å². The highest BCUT2D eigenvalue weighted by molar-refractivity contribution is 5.54. The first-order chi connectivity index (χ1) is 8.22. The monoisotopic (exact) mass is 235 g/mol. The number of rotatable bonds is 3. The van der Waals surface area contributed by atoms with E-state index < -0.39 is 6.10 Å². The molecule has 0 unspecified atom stereocenters. The summed E-state index contributed by atoms with van der Waals surface area (Å²) in [5, 5.41) is 9.78. The summed E-state index contributed by atoms with van der Waals surface area (Å²) in [4.78, 5) is 2.34. The molecule has 2 rings (SSSR count). The van der Waals surface area contributed by atoms with Crippen LogP contribution in [0.15, 0.2) is 24.3 Å². The van der Waals surface area contributed by atoms with Crippen LogP contribution in [-0.2, 0) is 4.74 Å². The van der Waals surface area contributed by atoms with E-state index in [-0.39, 0.29) is 0 Å². The highest BCUT2D eigenvalue weighted by atomic mass is 16.5. The Morgan fingerprint density at radius 3 is 2.53 bits per heavy atom. The third-order valence-corrected chi connectivity index (χ3v) is 3.50. The molecular weight excluding hydrogens is 214 g/mol. The van der Waals surface area contributed by atoms with Crippen LogP contribution in [0, 0.1) is 0 Å². The summed E-state index contributed by atoms with van der Waals surface area (Å²) in [6.07, 6.45) is 2.10. The molecule has 0 amide bonds. The molecule has 1 fully saturated rings. The summed E-state index contributed by atoms with van der Waals surface area (Å²) >= 11 is 0. The lowest BCUT2D eigenvalue weighted by Crippen LogP contribution is -2.37. The van der Waals surface area contributed by atoms with Gasteiger partial charge in [-0.15, -0.1) is 0 Å². The molecule has 1 aromatic rings. The SMILES string of the molecule is COC1CCN(c2ccccc2[C@H](C)O)CC1. The Kier molecular flexibility index (Phi) is 4.02. The molecule has 1 heterocycles. The van der Waals surface area contributed by atoms with Gasteiger partial charge < -0.3 is 14.7 Å². The van der Waals surface area contributed by atoms with Crippen LogP contribution in [0.25, 0.3) is 0 Å². The molecule has 1 aliphatic rings. The molecule has 0 radical (unpaired) electrons. The number of anilines is 1. The zero-order chi connectivity index (χ0) is 12.3. The maximum atomic E-state index is 9.78. The molecule has 0 aromatic heterocycles. The molecule has 1 saturated heterocycles. The van der Waals surface area contributed by atoms with Crippen LogP contribution in [0.3, 0.4) is 0 Å². The molecule has 1 atom stereocenters. The van der Waals surface area contributed by atoms with E-state index in [0.717, 1.165) is 37.2 Å². The van der Waals surface area contributed by atoms with Crippen molar-refractivity contribution in [2.24, 2.45) is 0 Å². The molecule has 17 heavy (non-hydrogen) atoms. The van der Waals surface area contributed by atoms with Crippen molar-refractivity contribution in [2.45, 2.75) is 32.0 Å². The summed E-state index contributed by atoms with van der Waals surface area (Å²) in [7, 11) is 1.78.